The third-order valence-electron chi connectivity index (χ3n) is 2.30. The third-order valence-corrected chi connectivity index (χ3v) is 2.30. The predicted octanol–water partition coefficient (Wildman–Crippen LogP) is 3.17. The fraction of sp³-hybridized carbons (Fsp3) is 0.364. The summed E-state index contributed by atoms with van der Waals surface area (Å²) in [6.07, 6.45) is -2.73. The van der Waals surface area contributed by atoms with Crippen LogP contribution in [-0.4, -0.2) is 18.6 Å². The third kappa shape index (κ3) is 2.74. The number of ether oxygens (including phenoxy) is 1. The molecule has 0 amide bonds. The quantitative estimate of drug-likeness (QED) is 0.763. The number of alkyl halides is 3. The maximum absolute atomic E-state index is 11.9. The van der Waals surface area contributed by atoms with Crippen molar-refractivity contribution in [2.45, 2.75) is 19.2 Å². The number of benzene rings is 1. The molecule has 0 bridgehead atoms. The highest BCUT2D eigenvalue weighted by Crippen LogP contribution is 2.23. The number of rotatable bonds is 2. The molecule has 2 nitrogen and oxygen atoms in total. The van der Waals surface area contributed by atoms with Crippen molar-refractivity contribution in [3.8, 4) is 5.75 Å². The van der Waals surface area contributed by atoms with Gasteiger partial charge in [0.25, 0.3) is 0 Å². The second kappa shape index (κ2) is 4.15. The van der Waals surface area contributed by atoms with Gasteiger partial charge in [-0.1, -0.05) is 0 Å². The van der Waals surface area contributed by atoms with Gasteiger partial charge in [-0.25, -0.2) is 0 Å². The van der Waals surface area contributed by atoms with E-state index >= 15 is 0 Å². The van der Waals surface area contributed by atoms with Gasteiger partial charge >= 0.3 is 6.36 Å². The van der Waals surface area contributed by atoms with Crippen molar-refractivity contribution in [2.75, 3.05) is 6.54 Å². The molecule has 1 aliphatic rings. The van der Waals surface area contributed by atoms with E-state index < -0.39 is 6.36 Å². The Morgan fingerprint density at radius 3 is 2.31 bits per heavy atom. The van der Waals surface area contributed by atoms with Crippen LogP contribution in [0, 0.1) is 0 Å². The van der Waals surface area contributed by atoms with Crippen LogP contribution < -0.4 is 4.74 Å². The second-order valence-corrected chi connectivity index (χ2v) is 3.50. The Kier molecular flexibility index (Phi) is 2.85. The first kappa shape index (κ1) is 11.0. The molecule has 0 fully saturated rings. The van der Waals surface area contributed by atoms with Crippen LogP contribution in [0.2, 0.25) is 0 Å². The molecule has 16 heavy (non-hydrogen) atoms. The van der Waals surface area contributed by atoms with Gasteiger partial charge in [0.1, 0.15) is 5.75 Å². The van der Waals surface area contributed by atoms with E-state index in [2.05, 4.69) is 9.73 Å². The van der Waals surface area contributed by atoms with Gasteiger partial charge in [0.05, 0.1) is 0 Å². The Morgan fingerprint density at radius 1 is 1.12 bits per heavy atom. The minimum absolute atomic E-state index is 0.199. The molecule has 0 aromatic heterocycles. The largest absolute Gasteiger partial charge is 0.573 e. The lowest BCUT2D eigenvalue weighted by Gasteiger charge is -2.09. The zero-order valence-corrected chi connectivity index (χ0v) is 8.42. The zero-order chi connectivity index (χ0) is 11.6. The second-order valence-electron chi connectivity index (χ2n) is 3.50. The highest BCUT2D eigenvalue weighted by Gasteiger charge is 2.30. The van der Waals surface area contributed by atoms with Crippen LogP contribution in [0.15, 0.2) is 29.3 Å². The molecule has 0 saturated heterocycles. The molecule has 1 aromatic carbocycles. The van der Waals surface area contributed by atoms with Crippen LogP contribution in [0.1, 0.15) is 18.4 Å². The van der Waals surface area contributed by atoms with Crippen LogP contribution in [0.3, 0.4) is 0 Å². The van der Waals surface area contributed by atoms with Gasteiger partial charge in [-0.15, -0.1) is 13.2 Å². The van der Waals surface area contributed by atoms with Crippen molar-refractivity contribution in [2.24, 2.45) is 4.99 Å². The SMILES string of the molecule is FC(F)(F)Oc1ccc(C2=NCCC2)cc1. The van der Waals surface area contributed by atoms with E-state index in [1.165, 1.54) is 12.1 Å². The normalized spacial score (nSPS) is 16.1. The molecule has 86 valence electrons. The molecule has 1 aromatic rings. The van der Waals surface area contributed by atoms with E-state index in [1.54, 1.807) is 12.1 Å². The topological polar surface area (TPSA) is 21.6 Å². The fourth-order valence-electron chi connectivity index (χ4n) is 1.62. The Labute approximate surface area is 90.8 Å². The van der Waals surface area contributed by atoms with E-state index in [-0.39, 0.29) is 5.75 Å². The molecule has 1 heterocycles. The Hall–Kier alpha value is -1.52. The first-order valence-electron chi connectivity index (χ1n) is 4.94. The van der Waals surface area contributed by atoms with Crippen molar-refractivity contribution in [3.05, 3.63) is 29.8 Å². The van der Waals surface area contributed by atoms with Crippen molar-refractivity contribution in [1.82, 2.24) is 0 Å². The molecule has 0 N–H and O–H groups in total. The standard InChI is InChI=1S/C11H10F3NO/c12-11(13,14)16-9-5-3-8(4-6-9)10-2-1-7-15-10/h3-6H,1-2,7H2. The first-order chi connectivity index (χ1) is 7.54. The highest BCUT2D eigenvalue weighted by molar-refractivity contribution is 6.01. The minimum atomic E-state index is -4.63. The molecule has 0 saturated carbocycles. The van der Waals surface area contributed by atoms with Crippen molar-refractivity contribution in [3.63, 3.8) is 0 Å². The summed E-state index contributed by atoms with van der Waals surface area (Å²) in [6, 6.07) is 5.82. The molecular formula is C11H10F3NO. The van der Waals surface area contributed by atoms with Gasteiger partial charge in [-0.05, 0) is 42.7 Å². The highest BCUT2D eigenvalue weighted by atomic mass is 19.4. The molecule has 0 atom stereocenters. The van der Waals surface area contributed by atoms with Crippen molar-refractivity contribution >= 4 is 5.71 Å². The summed E-state index contributed by atoms with van der Waals surface area (Å²) in [4.78, 5) is 4.26. The van der Waals surface area contributed by atoms with Crippen LogP contribution in [0.5, 0.6) is 5.75 Å². The zero-order valence-electron chi connectivity index (χ0n) is 8.42. The molecule has 0 spiro atoms. The summed E-state index contributed by atoms with van der Waals surface area (Å²) in [5.41, 5.74) is 1.82. The van der Waals surface area contributed by atoms with Gasteiger partial charge in [0.15, 0.2) is 0 Å². The summed E-state index contributed by atoms with van der Waals surface area (Å²) in [5, 5.41) is 0. The van der Waals surface area contributed by atoms with Crippen molar-refractivity contribution in [1.29, 1.82) is 0 Å². The molecule has 5 heteroatoms. The average Bonchev–Trinajstić information content (AvgIpc) is 2.69. The minimum Gasteiger partial charge on any atom is -0.406 e. The van der Waals surface area contributed by atoms with Crippen molar-refractivity contribution < 1.29 is 17.9 Å². The van der Waals surface area contributed by atoms with E-state index in [1.807, 2.05) is 0 Å². The lowest BCUT2D eigenvalue weighted by Crippen LogP contribution is -2.17. The Balaban J connectivity index is 2.10. The number of halogens is 3. The molecular weight excluding hydrogens is 219 g/mol. The maximum atomic E-state index is 11.9. The lowest BCUT2D eigenvalue weighted by atomic mass is 10.1. The van der Waals surface area contributed by atoms with Gasteiger partial charge < -0.3 is 4.74 Å². The monoisotopic (exact) mass is 229 g/mol. The van der Waals surface area contributed by atoms with Gasteiger partial charge in [-0.2, -0.15) is 0 Å². The molecule has 0 unspecified atom stereocenters. The van der Waals surface area contributed by atoms with E-state index in [0.717, 1.165) is 30.7 Å². The number of nitrogens with zero attached hydrogens (tertiary/aromatic N) is 1. The smallest absolute Gasteiger partial charge is 0.406 e. The number of hydrogen-bond donors (Lipinski definition) is 0. The Bertz CT molecular complexity index is 395. The van der Waals surface area contributed by atoms with Gasteiger partial charge in [0.2, 0.25) is 0 Å². The summed E-state index contributed by atoms with van der Waals surface area (Å²) in [6.45, 7) is 0.802. The molecule has 0 aliphatic carbocycles. The van der Waals surface area contributed by atoms with Crippen LogP contribution in [0.4, 0.5) is 13.2 Å². The summed E-state index contributed by atoms with van der Waals surface area (Å²) in [5.74, 6) is -0.199. The van der Waals surface area contributed by atoms with E-state index in [9.17, 15) is 13.2 Å². The van der Waals surface area contributed by atoms with Gasteiger partial charge in [0, 0.05) is 12.3 Å². The summed E-state index contributed by atoms with van der Waals surface area (Å²) >= 11 is 0. The fourth-order valence-corrected chi connectivity index (χ4v) is 1.62. The molecule has 0 radical (unpaired) electrons. The van der Waals surface area contributed by atoms with Crippen LogP contribution in [0.25, 0.3) is 0 Å². The number of aliphatic imine (C=N–C) groups is 1. The first-order valence-corrected chi connectivity index (χ1v) is 4.94. The predicted molar refractivity (Wildman–Crippen MR) is 53.8 cm³/mol. The number of hydrogen-bond acceptors (Lipinski definition) is 2. The lowest BCUT2D eigenvalue weighted by molar-refractivity contribution is -0.274. The molecule has 1 aliphatic heterocycles. The summed E-state index contributed by atoms with van der Waals surface area (Å²) < 4.78 is 39.5. The Morgan fingerprint density at radius 2 is 1.81 bits per heavy atom. The van der Waals surface area contributed by atoms with Crippen LogP contribution >= 0.6 is 0 Å². The van der Waals surface area contributed by atoms with Crippen LogP contribution in [-0.2, 0) is 0 Å². The molecule has 2 rings (SSSR count). The summed E-state index contributed by atoms with van der Waals surface area (Å²) in [7, 11) is 0. The van der Waals surface area contributed by atoms with E-state index in [4.69, 9.17) is 0 Å². The average molecular weight is 229 g/mol. The van der Waals surface area contributed by atoms with E-state index in [0.29, 0.717) is 0 Å². The maximum Gasteiger partial charge on any atom is 0.573 e. The van der Waals surface area contributed by atoms with Gasteiger partial charge in [-0.3, -0.25) is 4.99 Å².